The van der Waals surface area contributed by atoms with Gasteiger partial charge in [0, 0.05) is 44.5 Å². The average Bonchev–Trinajstić information content (AvgIpc) is 2.66. The largest absolute Gasteiger partial charge is 0.481 e. The summed E-state index contributed by atoms with van der Waals surface area (Å²) in [7, 11) is 1.68. The number of ether oxygens (including phenoxy) is 1. The van der Waals surface area contributed by atoms with Crippen molar-refractivity contribution in [2.24, 2.45) is 5.73 Å². The molecule has 0 saturated carbocycles. The maximum absolute atomic E-state index is 5.63. The van der Waals surface area contributed by atoms with Gasteiger partial charge in [-0.2, -0.15) is 0 Å². The fourth-order valence-corrected chi connectivity index (χ4v) is 2.56. The Kier molecular flexibility index (Phi) is 5.57. The molecule has 0 unspecified atom stereocenters. The summed E-state index contributed by atoms with van der Waals surface area (Å²) >= 11 is 0. The molecular weight excluding hydrogens is 240 g/mol. The van der Waals surface area contributed by atoms with E-state index >= 15 is 0 Å². The highest BCUT2D eigenvalue weighted by atomic mass is 16.5. The maximum atomic E-state index is 5.63. The molecule has 0 bridgehead atoms. The van der Waals surface area contributed by atoms with Crippen LogP contribution in [0, 0.1) is 0 Å². The number of hydrogen-bond acceptors (Lipinski definition) is 5. The first-order valence-electron chi connectivity index (χ1n) is 6.96. The third-order valence-electron chi connectivity index (χ3n) is 3.56. The monoisotopic (exact) mass is 264 g/mol. The molecule has 0 spiro atoms. The minimum Gasteiger partial charge on any atom is -0.481 e. The van der Waals surface area contributed by atoms with Crippen molar-refractivity contribution in [3.8, 4) is 5.88 Å². The lowest BCUT2D eigenvalue weighted by Crippen LogP contribution is -2.33. The molecule has 0 radical (unpaired) electrons. The summed E-state index contributed by atoms with van der Waals surface area (Å²) in [6, 6.07) is 4.06. The van der Waals surface area contributed by atoms with E-state index in [1.165, 1.54) is 6.42 Å². The van der Waals surface area contributed by atoms with Gasteiger partial charge in [-0.1, -0.05) is 6.07 Å². The molecule has 2 rings (SSSR count). The van der Waals surface area contributed by atoms with Gasteiger partial charge in [-0.05, 0) is 25.6 Å². The van der Waals surface area contributed by atoms with E-state index < -0.39 is 0 Å². The van der Waals surface area contributed by atoms with Gasteiger partial charge in [0.05, 0.1) is 7.11 Å². The van der Waals surface area contributed by atoms with E-state index in [4.69, 9.17) is 10.5 Å². The molecule has 0 aliphatic carbocycles. The number of nitrogens with zero attached hydrogens (tertiary/aromatic N) is 3. The first-order valence-corrected chi connectivity index (χ1v) is 6.96. The van der Waals surface area contributed by atoms with Crippen molar-refractivity contribution in [2.45, 2.75) is 13.0 Å². The average molecular weight is 264 g/mol. The van der Waals surface area contributed by atoms with Crippen LogP contribution in [0.5, 0.6) is 5.88 Å². The Labute approximate surface area is 115 Å². The normalized spacial score (nSPS) is 18.2. The molecule has 0 amide bonds. The lowest BCUT2D eigenvalue weighted by molar-refractivity contribution is 0.251. The number of methoxy groups -OCH3 is 1. The van der Waals surface area contributed by atoms with Gasteiger partial charge < -0.3 is 15.4 Å². The number of pyridine rings is 1. The fourth-order valence-electron chi connectivity index (χ4n) is 2.56. The van der Waals surface area contributed by atoms with Gasteiger partial charge in [0.1, 0.15) is 0 Å². The summed E-state index contributed by atoms with van der Waals surface area (Å²) in [4.78, 5) is 9.17. The number of hydrogen-bond donors (Lipinski definition) is 1. The van der Waals surface area contributed by atoms with Crippen LogP contribution in [0.25, 0.3) is 0 Å². The smallest absolute Gasteiger partial charge is 0.217 e. The SMILES string of the molecule is COc1ncccc1CN1CCCN(CCN)CC1. The molecule has 5 nitrogen and oxygen atoms in total. The van der Waals surface area contributed by atoms with Gasteiger partial charge in [-0.15, -0.1) is 0 Å². The Balaban J connectivity index is 1.92. The highest BCUT2D eigenvalue weighted by Gasteiger charge is 2.15. The third-order valence-corrected chi connectivity index (χ3v) is 3.56. The first kappa shape index (κ1) is 14.2. The van der Waals surface area contributed by atoms with Crippen LogP contribution in [0.2, 0.25) is 0 Å². The van der Waals surface area contributed by atoms with E-state index in [0.717, 1.165) is 57.3 Å². The summed E-state index contributed by atoms with van der Waals surface area (Å²) in [6.07, 6.45) is 2.97. The van der Waals surface area contributed by atoms with Crippen LogP contribution in [-0.2, 0) is 6.54 Å². The third kappa shape index (κ3) is 4.16. The topological polar surface area (TPSA) is 54.6 Å². The molecule has 2 N–H and O–H groups in total. The van der Waals surface area contributed by atoms with Crippen LogP contribution in [0.15, 0.2) is 18.3 Å². The van der Waals surface area contributed by atoms with Crippen molar-refractivity contribution in [1.29, 1.82) is 0 Å². The fraction of sp³-hybridized carbons (Fsp3) is 0.643. The van der Waals surface area contributed by atoms with E-state index in [1.807, 2.05) is 6.07 Å². The highest BCUT2D eigenvalue weighted by Crippen LogP contribution is 2.17. The molecule has 0 atom stereocenters. The van der Waals surface area contributed by atoms with Gasteiger partial charge >= 0.3 is 0 Å². The Morgan fingerprint density at radius 3 is 2.84 bits per heavy atom. The summed E-state index contributed by atoms with van der Waals surface area (Å²) in [5, 5.41) is 0. The van der Waals surface area contributed by atoms with Crippen molar-refractivity contribution in [1.82, 2.24) is 14.8 Å². The number of nitrogens with two attached hydrogens (primary N) is 1. The minimum absolute atomic E-state index is 0.741. The molecule has 106 valence electrons. The summed E-state index contributed by atoms with van der Waals surface area (Å²) in [5.41, 5.74) is 6.79. The van der Waals surface area contributed by atoms with E-state index in [9.17, 15) is 0 Å². The second-order valence-electron chi connectivity index (χ2n) is 4.93. The van der Waals surface area contributed by atoms with Crippen LogP contribution < -0.4 is 10.5 Å². The van der Waals surface area contributed by atoms with Crippen LogP contribution in [0.1, 0.15) is 12.0 Å². The Morgan fingerprint density at radius 2 is 2.05 bits per heavy atom. The predicted octanol–water partition coefficient (Wildman–Crippen LogP) is 0.557. The maximum Gasteiger partial charge on any atom is 0.217 e. The molecule has 19 heavy (non-hydrogen) atoms. The van der Waals surface area contributed by atoms with Gasteiger partial charge in [-0.25, -0.2) is 4.98 Å². The van der Waals surface area contributed by atoms with Gasteiger partial charge in [0.15, 0.2) is 0 Å². The quantitative estimate of drug-likeness (QED) is 0.842. The Bertz CT molecular complexity index is 385. The zero-order valence-electron chi connectivity index (χ0n) is 11.7. The molecule has 1 fully saturated rings. The second-order valence-corrected chi connectivity index (χ2v) is 4.93. The van der Waals surface area contributed by atoms with Crippen molar-refractivity contribution in [2.75, 3.05) is 46.4 Å². The molecule has 1 aromatic heterocycles. The molecule has 0 aromatic carbocycles. The first-order chi connectivity index (χ1) is 9.33. The van der Waals surface area contributed by atoms with Gasteiger partial charge in [-0.3, -0.25) is 4.90 Å². The van der Waals surface area contributed by atoms with E-state index in [2.05, 4.69) is 20.9 Å². The lowest BCUT2D eigenvalue weighted by Gasteiger charge is -2.21. The number of aromatic nitrogens is 1. The molecular formula is C14H24N4O. The Hall–Kier alpha value is -1.17. The van der Waals surface area contributed by atoms with Gasteiger partial charge in [0.2, 0.25) is 5.88 Å². The molecule has 1 aromatic rings. The van der Waals surface area contributed by atoms with Crippen molar-refractivity contribution in [3.63, 3.8) is 0 Å². The van der Waals surface area contributed by atoms with Gasteiger partial charge in [0.25, 0.3) is 0 Å². The van der Waals surface area contributed by atoms with Crippen molar-refractivity contribution in [3.05, 3.63) is 23.9 Å². The highest BCUT2D eigenvalue weighted by molar-refractivity contribution is 5.25. The molecule has 1 aliphatic heterocycles. The van der Waals surface area contributed by atoms with Crippen LogP contribution >= 0.6 is 0 Å². The molecule has 2 heterocycles. The van der Waals surface area contributed by atoms with E-state index in [0.29, 0.717) is 0 Å². The Morgan fingerprint density at radius 1 is 1.26 bits per heavy atom. The van der Waals surface area contributed by atoms with E-state index in [1.54, 1.807) is 13.3 Å². The van der Waals surface area contributed by atoms with Crippen molar-refractivity contribution < 1.29 is 4.74 Å². The van der Waals surface area contributed by atoms with Crippen LogP contribution in [0.3, 0.4) is 0 Å². The molecule has 1 aliphatic rings. The van der Waals surface area contributed by atoms with Crippen LogP contribution in [0.4, 0.5) is 0 Å². The van der Waals surface area contributed by atoms with Crippen molar-refractivity contribution >= 4 is 0 Å². The zero-order chi connectivity index (χ0) is 13.5. The minimum atomic E-state index is 0.741. The predicted molar refractivity (Wildman–Crippen MR) is 76.2 cm³/mol. The number of rotatable bonds is 5. The van der Waals surface area contributed by atoms with Crippen LogP contribution in [-0.4, -0.2) is 61.2 Å². The zero-order valence-corrected chi connectivity index (χ0v) is 11.7. The second kappa shape index (κ2) is 7.43. The molecule has 5 heteroatoms. The molecule has 1 saturated heterocycles. The van der Waals surface area contributed by atoms with E-state index in [-0.39, 0.29) is 0 Å². The summed E-state index contributed by atoms with van der Waals surface area (Å²) in [6.45, 7) is 7.11. The lowest BCUT2D eigenvalue weighted by atomic mass is 10.2. The standard InChI is InChI=1S/C14H24N4O/c1-19-14-13(4-2-6-16-14)12-18-8-3-7-17(9-5-15)10-11-18/h2,4,6H,3,5,7-12,15H2,1H3. The summed E-state index contributed by atoms with van der Waals surface area (Å²) < 4.78 is 5.31. The summed E-state index contributed by atoms with van der Waals surface area (Å²) in [5.74, 6) is 0.741.